The Bertz CT molecular complexity index is 1770. The van der Waals surface area contributed by atoms with E-state index in [4.69, 9.17) is 9.72 Å². The number of piperidine rings is 1. The second-order valence-electron chi connectivity index (χ2n) is 13.8. The lowest BCUT2D eigenvalue weighted by Gasteiger charge is -2.39. The highest BCUT2D eigenvalue weighted by atomic mass is 16.6. The van der Waals surface area contributed by atoms with Gasteiger partial charge in [-0.2, -0.15) is 0 Å². The first-order valence-electron chi connectivity index (χ1n) is 16.3. The van der Waals surface area contributed by atoms with E-state index in [1.807, 2.05) is 38.1 Å². The highest BCUT2D eigenvalue weighted by Crippen LogP contribution is 2.33. The molecule has 0 atom stereocenters. The van der Waals surface area contributed by atoms with Gasteiger partial charge < -0.3 is 24.5 Å². The number of likely N-dealkylation sites (tertiary alicyclic amines) is 1. The molecule has 234 valence electrons. The fourth-order valence-corrected chi connectivity index (χ4v) is 6.80. The Kier molecular flexibility index (Phi) is 8.10. The predicted octanol–water partition coefficient (Wildman–Crippen LogP) is 7.14. The molecule has 8 nitrogen and oxygen atoms in total. The number of carbonyl (C=O) groups excluding carboxylic acids is 1. The van der Waals surface area contributed by atoms with Crippen molar-refractivity contribution >= 4 is 28.0 Å². The summed E-state index contributed by atoms with van der Waals surface area (Å²) in [5.74, 6) is 0.654. The van der Waals surface area contributed by atoms with Crippen LogP contribution in [0.15, 0.2) is 73.2 Å². The van der Waals surface area contributed by atoms with Crippen molar-refractivity contribution in [3.8, 4) is 22.3 Å². The zero-order chi connectivity index (χ0) is 31.0. The number of benzene rings is 2. The largest absolute Gasteiger partial charge is 0.444 e. The Morgan fingerprint density at radius 1 is 0.867 bits per heavy atom. The highest BCUT2D eigenvalue weighted by molar-refractivity contribution is 5.98. The summed E-state index contributed by atoms with van der Waals surface area (Å²) in [6.07, 6.45) is 7.96. The summed E-state index contributed by atoms with van der Waals surface area (Å²) in [6, 6.07) is 19.9. The van der Waals surface area contributed by atoms with Crippen molar-refractivity contribution in [2.24, 2.45) is 5.92 Å². The summed E-state index contributed by atoms with van der Waals surface area (Å²) in [5.41, 5.74) is 7.63. The Labute approximate surface area is 265 Å². The average Bonchev–Trinajstić information content (AvgIpc) is 3.68. The van der Waals surface area contributed by atoms with Gasteiger partial charge in [-0.25, -0.2) is 9.78 Å². The van der Waals surface area contributed by atoms with Crippen molar-refractivity contribution < 1.29 is 9.53 Å². The van der Waals surface area contributed by atoms with Crippen molar-refractivity contribution in [3.05, 3.63) is 78.8 Å². The molecule has 0 radical (unpaired) electrons. The molecule has 0 bridgehead atoms. The minimum absolute atomic E-state index is 0.170. The van der Waals surface area contributed by atoms with Crippen LogP contribution in [0.1, 0.15) is 39.2 Å². The average molecular weight is 605 g/mol. The van der Waals surface area contributed by atoms with Crippen LogP contribution >= 0.6 is 0 Å². The van der Waals surface area contributed by atoms with Crippen LogP contribution in [0.4, 0.5) is 4.79 Å². The number of hydrogen-bond acceptors (Lipinski definition) is 5. The summed E-state index contributed by atoms with van der Waals surface area (Å²) in [4.78, 5) is 30.8. The molecule has 0 spiro atoms. The maximum absolute atomic E-state index is 12.4. The molecule has 2 fully saturated rings. The first-order valence-corrected chi connectivity index (χ1v) is 16.3. The number of aromatic nitrogens is 3. The number of pyridine rings is 1. The topological polar surface area (TPSA) is 80.5 Å². The second kappa shape index (κ2) is 12.3. The van der Waals surface area contributed by atoms with Gasteiger partial charge in [-0.15, -0.1) is 0 Å². The number of nitrogens with zero attached hydrogens (tertiary/aromatic N) is 4. The SMILES string of the molecule is CC(C)(C)OC(=O)N1CCC(CN2CCN(Cc3ccc(-c4cnc5[nH]cc(-c6ccc7[nH]ccc7c6)c5c4)cc3)CC2)CC1. The fourth-order valence-electron chi connectivity index (χ4n) is 6.80. The molecule has 1 amide bonds. The van der Waals surface area contributed by atoms with E-state index < -0.39 is 5.60 Å². The van der Waals surface area contributed by atoms with Crippen LogP contribution in [0.2, 0.25) is 0 Å². The van der Waals surface area contributed by atoms with Crippen LogP contribution < -0.4 is 0 Å². The Morgan fingerprint density at radius 2 is 1.60 bits per heavy atom. The molecule has 7 rings (SSSR count). The van der Waals surface area contributed by atoms with Crippen LogP contribution in [-0.2, 0) is 11.3 Å². The monoisotopic (exact) mass is 604 g/mol. The van der Waals surface area contributed by atoms with Gasteiger partial charge in [0.15, 0.2) is 0 Å². The van der Waals surface area contributed by atoms with E-state index in [0.717, 1.165) is 87.3 Å². The first-order chi connectivity index (χ1) is 21.8. The lowest BCUT2D eigenvalue weighted by Crippen LogP contribution is -2.49. The quantitative estimate of drug-likeness (QED) is 0.215. The molecular weight excluding hydrogens is 560 g/mol. The Balaban J connectivity index is 0.915. The van der Waals surface area contributed by atoms with Crippen molar-refractivity contribution in [1.82, 2.24) is 29.7 Å². The van der Waals surface area contributed by atoms with Crippen molar-refractivity contribution in [1.29, 1.82) is 0 Å². The van der Waals surface area contributed by atoms with Gasteiger partial charge in [0.25, 0.3) is 0 Å². The zero-order valence-electron chi connectivity index (χ0n) is 26.7. The van der Waals surface area contributed by atoms with Gasteiger partial charge in [0.1, 0.15) is 11.2 Å². The number of hydrogen-bond donors (Lipinski definition) is 2. The molecule has 5 heterocycles. The maximum atomic E-state index is 12.4. The minimum atomic E-state index is -0.436. The third-order valence-corrected chi connectivity index (χ3v) is 9.34. The van der Waals surface area contributed by atoms with Crippen LogP contribution in [0, 0.1) is 5.92 Å². The summed E-state index contributed by atoms with van der Waals surface area (Å²) >= 11 is 0. The molecule has 2 aliphatic rings. The Morgan fingerprint density at radius 3 is 2.36 bits per heavy atom. The molecule has 0 unspecified atom stereocenters. The minimum Gasteiger partial charge on any atom is -0.444 e. The van der Waals surface area contributed by atoms with Crippen molar-refractivity contribution in [2.75, 3.05) is 45.8 Å². The molecule has 0 aliphatic carbocycles. The second-order valence-corrected chi connectivity index (χ2v) is 13.8. The number of fused-ring (bicyclic) bond motifs is 2. The van der Waals surface area contributed by atoms with E-state index in [9.17, 15) is 4.79 Å². The number of amides is 1. The van der Waals surface area contributed by atoms with E-state index in [2.05, 4.69) is 80.6 Å². The molecule has 2 N–H and O–H groups in total. The van der Waals surface area contributed by atoms with Crippen LogP contribution in [0.5, 0.6) is 0 Å². The van der Waals surface area contributed by atoms with Crippen LogP contribution in [-0.4, -0.2) is 87.2 Å². The molecule has 2 aliphatic heterocycles. The van der Waals surface area contributed by atoms with E-state index >= 15 is 0 Å². The van der Waals surface area contributed by atoms with E-state index in [0.29, 0.717) is 5.92 Å². The van der Waals surface area contributed by atoms with E-state index in [-0.39, 0.29) is 6.09 Å². The first kappa shape index (κ1) is 29.6. The van der Waals surface area contributed by atoms with Crippen LogP contribution in [0.25, 0.3) is 44.2 Å². The number of aromatic amines is 2. The van der Waals surface area contributed by atoms with Gasteiger partial charge in [-0.3, -0.25) is 4.90 Å². The molecular formula is C37H44N6O2. The number of rotatable bonds is 6. The van der Waals surface area contributed by atoms with E-state index in [1.165, 1.54) is 27.6 Å². The molecule has 8 heteroatoms. The number of H-pyrrole nitrogens is 2. The third kappa shape index (κ3) is 6.77. The smallest absolute Gasteiger partial charge is 0.410 e. The third-order valence-electron chi connectivity index (χ3n) is 9.34. The number of ether oxygens (including phenoxy) is 1. The van der Waals surface area contributed by atoms with Gasteiger partial charge in [0, 0.05) is 93.0 Å². The Hall–Kier alpha value is -4.14. The van der Waals surface area contributed by atoms with Gasteiger partial charge in [0.05, 0.1) is 0 Å². The van der Waals surface area contributed by atoms with Gasteiger partial charge in [-0.05, 0) is 85.9 Å². The molecule has 3 aromatic heterocycles. The van der Waals surface area contributed by atoms with Crippen molar-refractivity contribution in [2.45, 2.75) is 45.8 Å². The number of nitrogens with one attached hydrogen (secondary N) is 2. The van der Waals surface area contributed by atoms with Gasteiger partial charge in [0.2, 0.25) is 0 Å². The molecule has 45 heavy (non-hydrogen) atoms. The lowest BCUT2D eigenvalue weighted by molar-refractivity contribution is 0.0159. The van der Waals surface area contributed by atoms with E-state index in [1.54, 1.807) is 0 Å². The van der Waals surface area contributed by atoms with Crippen molar-refractivity contribution in [3.63, 3.8) is 0 Å². The molecule has 2 aromatic carbocycles. The van der Waals surface area contributed by atoms with Gasteiger partial charge in [-0.1, -0.05) is 30.3 Å². The highest BCUT2D eigenvalue weighted by Gasteiger charge is 2.28. The normalized spacial score (nSPS) is 17.4. The summed E-state index contributed by atoms with van der Waals surface area (Å²) in [5, 5.41) is 2.35. The number of piperazine rings is 1. The number of carbonyl (C=O) groups is 1. The predicted molar refractivity (Wildman–Crippen MR) is 181 cm³/mol. The lowest BCUT2D eigenvalue weighted by atomic mass is 9.96. The maximum Gasteiger partial charge on any atom is 0.410 e. The summed E-state index contributed by atoms with van der Waals surface area (Å²) in [6.45, 7) is 13.9. The summed E-state index contributed by atoms with van der Waals surface area (Å²) < 4.78 is 5.56. The molecule has 5 aromatic rings. The molecule has 2 saturated heterocycles. The standard InChI is InChI=1S/C37H44N6O2/c1-37(2,3)45-36(44)43-14-11-27(12-15-43)25-42-18-16-41(17-19-42)24-26-4-6-28(7-5-26)31-21-32-33(23-40-35(32)39-22-31)29-8-9-34-30(20-29)10-13-38-34/h4-10,13,20-23,27,38H,11-12,14-19,24-25H2,1-3H3,(H,39,40). The summed E-state index contributed by atoms with van der Waals surface area (Å²) in [7, 11) is 0. The van der Waals surface area contributed by atoms with Crippen LogP contribution in [0.3, 0.4) is 0 Å². The zero-order valence-corrected chi connectivity index (χ0v) is 26.7. The van der Waals surface area contributed by atoms with Gasteiger partial charge >= 0.3 is 6.09 Å². The fraction of sp³-hybridized carbons (Fsp3) is 0.405. The molecule has 0 saturated carbocycles.